The van der Waals surface area contributed by atoms with Crippen LogP contribution in [-0.2, 0) is 4.79 Å². The Morgan fingerprint density at radius 1 is 1.15 bits per heavy atom. The monoisotopic (exact) mass is 279 g/mol. The fourth-order valence-corrected chi connectivity index (χ4v) is 3.92. The van der Waals surface area contributed by atoms with Crippen LogP contribution in [0.15, 0.2) is 30.3 Å². The maximum absolute atomic E-state index is 12.8. The van der Waals surface area contributed by atoms with E-state index >= 15 is 0 Å². The van der Waals surface area contributed by atoms with Crippen molar-refractivity contribution in [2.45, 2.75) is 44.6 Å². The van der Waals surface area contributed by atoms with Gasteiger partial charge in [-0.15, -0.1) is 0 Å². The molecule has 0 N–H and O–H groups in total. The van der Waals surface area contributed by atoms with Crippen molar-refractivity contribution in [1.29, 1.82) is 0 Å². The Morgan fingerprint density at radius 2 is 1.80 bits per heavy atom. The zero-order valence-electron chi connectivity index (χ0n) is 11.4. The molecule has 108 valence electrons. The predicted molar refractivity (Wildman–Crippen MR) is 72.4 cm³/mol. The van der Waals surface area contributed by atoms with Crippen molar-refractivity contribution in [3.05, 3.63) is 35.9 Å². The third-order valence-electron chi connectivity index (χ3n) is 4.81. The molecule has 0 aromatic heterocycles. The van der Waals surface area contributed by atoms with Crippen LogP contribution in [0, 0.1) is 5.41 Å². The smallest absolute Gasteiger partial charge is 0.315 e. The number of nitrogens with zero attached hydrogens (tertiary/aromatic N) is 1. The molecule has 1 spiro atoms. The number of halogens is 2. The minimum atomic E-state index is -2.90. The number of hydrogen-bond donors (Lipinski definition) is 0. The summed E-state index contributed by atoms with van der Waals surface area (Å²) in [5.41, 5.74) is 1.03. The number of amides is 1. The Balaban J connectivity index is 1.90. The summed E-state index contributed by atoms with van der Waals surface area (Å²) in [5, 5.41) is 0. The van der Waals surface area contributed by atoms with Crippen LogP contribution in [0.5, 0.6) is 0 Å². The number of alkyl halides is 2. The third kappa shape index (κ3) is 2.11. The second-order valence-electron chi connectivity index (χ2n) is 6.00. The van der Waals surface area contributed by atoms with Crippen molar-refractivity contribution in [3.63, 3.8) is 0 Å². The molecule has 1 saturated heterocycles. The molecule has 1 aliphatic carbocycles. The zero-order chi connectivity index (χ0) is 14.2. The molecule has 20 heavy (non-hydrogen) atoms. The summed E-state index contributed by atoms with van der Waals surface area (Å²) in [6.45, 7) is 0.496. The van der Waals surface area contributed by atoms with E-state index in [1.54, 1.807) is 0 Å². The lowest BCUT2D eigenvalue weighted by atomic mass is 9.61. The Labute approximate surface area is 117 Å². The fraction of sp³-hybridized carbons (Fsp3) is 0.562. The van der Waals surface area contributed by atoms with Crippen molar-refractivity contribution < 1.29 is 13.6 Å². The Hall–Kier alpha value is -1.45. The molecule has 0 bridgehead atoms. The van der Waals surface area contributed by atoms with Gasteiger partial charge in [0.05, 0.1) is 6.04 Å². The second kappa shape index (κ2) is 5.15. The maximum Gasteiger partial charge on any atom is 0.315 e. The average molecular weight is 279 g/mol. The molecule has 2 nitrogen and oxygen atoms in total. The van der Waals surface area contributed by atoms with Gasteiger partial charge < -0.3 is 4.90 Å². The number of carbonyl (C=O) groups excluding carboxylic acids is 1. The van der Waals surface area contributed by atoms with Crippen LogP contribution < -0.4 is 0 Å². The Kier molecular flexibility index (Phi) is 3.48. The first kappa shape index (κ1) is 13.5. The van der Waals surface area contributed by atoms with Crippen molar-refractivity contribution in [2.24, 2.45) is 5.41 Å². The first-order chi connectivity index (χ1) is 9.64. The van der Waals surface area contributed by atoms with E-state index in [9.17, 15) is 13.6 Å². The second-order valence-corrected chi connectivity index (χ2v) is 6.00. The largest absolute Gasteiger partial charge is 0.329 e. The maximum atomic E-state index is 12.8. The van der Waals surface area contributed by atoms with Gasteiger partial charge in [-0.25, -0.2) is 0 Å². The predicted octanol–water partition coefficient (Wildman–Crippen LogP) is 3.79. The van der Waals surface area contributed by atoms with Crippen LogP contribution in [0.3, 0.4) is 0 Å². The first-order valence-electron chi connectivity index (χ1n) is 7.28. The van der Waals surface area contributed by atoms with Gasteiger partial charge in [0.25, 0.3) is 5.91 Å². The van der Waals surface area contributed by atoms with E-state index < -0.39 is 12.3 Å². The molecule has 4 heteroatoms. The quantitative estimate of drug-likeness (QED) is 0.806. The van der Waals surface area contributed by atoms with E-state index in [0.29, 0.717) is 6.54 Å². The molecule has 2 aliphatic rings. The molecule has 1 aromatic carbocycles. The number of carbonyl (C=O) groups is 1. The van der Waals surface area contributed by atoms with Gasteiger partial charge in [-0.2, -0.15) is 8.78 Å². The standard InChI is InChI=1S/C16H19F2NO/c17-14(18)15(20)19-11-16(9-5-2-6-10-16)13(19)12-7-3-1-4-8-12/h1,3-4,7-8,13-14H,2,5-6,9-11H2. The van der Waals surface area contributed by atoms with Crippen molar-refractivity contribution >= 4 is 5.91 Å². The van der Waals surface area contributed by atoms with Crippen LogP contribution in [-0.4, -0.2) is 23.8 Å². The summed E-state index contributed by atoms with van der Waals surface area (Å²) >= 11 is 0. The summed E-state index contributed by atoms with van der Waals surface area (Å²) in [6.07, 6.45) is 2.67. The summed E-state index contributed by atoms with van der Waals surface area (Å²) in [7, 11) is 0. The molecular formula is C16H19F2NO. The molecule has 1 heterocycles. The Bertz CT molecular complexity index is 483. The summed E-state index contributed by atoms with van der Waals surface area (Å²) in [4.78, 5) is 13.1. The molecule has 1 unspecified atom stereocenters. The molecule has 1 saturated carbocycles. The third-order valence-corrected chi connectivity index (χ3v) is 4.81. The highest BCUT2D eigenvalue weighted by Gasteiger charge is 2.55. The lowest BCUT2D eigenvalue weighted by Gasteiger charge is -2.59. The van der Waals surface area contributed by atoms with Crippen molar-refractivity contribution in [3.8, 4) is 0 Å². The van der Waals surface area contributed by atoms with E-state index in [-0.39, 0.29) is 11.5 Å². The van der Waals surface area contributed by atoms with Gasteiger partial charge in [0.1, 0.15) is 0 Å². The van der Waals surface area contributed by atoms with Gasteiger partial charge in [0.15, 0.2) is 0 Å². The number of rotatable bonds is 2. The highest BCUT2D eigenvalue weighted by Crippen LogP contribution is 2.57. The summed E-state index contributed by atoms with van der Waals surface area (Å²) < 4.78 is 25.5. The lowest BCUT2D eigenvalue weighted by molar-refractivity contribution is -0.172. The van der Waals surface area contributed by atoms with E-state index in [1.165, 1.54) is 11.3 Å². The van der Waals surface area contributed by atoms with Crippen LogP contribution in [0.1, 0.15) is 43.7 Å². The molecule has 0 radical (unpaired) electrons. The number of benzene rings is 1. The van der Waals surface area contributed by atoms with Gasteiger partial charge in [-0.05, 0) is 18.4 Å². The minimum Gasteiger partial charge on any atom is -0.329 e. The zero-order valence-corrected chi connectivity index (χ0v) is 11.4. The molecule has 3 rings (SSSR count). The van der Waals surface area contributed by atoms with Gasteiger partial charge in [-0.1, -0.05) is 49.6 Å². The van der Waals surface area contributed by atoms with Crippen molar-refractivity contribution in [2.75, 3.05) is 6.54 Å². The summed E-state index contributed by atoms with van der Waals surface area (Å²) in [6, 6.07) is 9.47. The summed E-state index contributed by atoms with van der Waals surface area (Å²) in [5.74, 6) is -1.02. The normalized spacial score (nSPS) is 24.8. The van der Waals surface area contributed by atoms with Gasteiger partial charge in [0, 0.05) is 12.0 Å². The SMILES string of the molecule is O=C(C(F)F)N1CC2(CCCCC2)C1c1ccccc1. The van der Waals surface area contributed by atoms with E-state index in [4.69, 9.17) is 0 Å². The van der Waals surface area contributed by atoms with Crippen LogP contribution in [0.2, 0.25) is 0 Å². The fourth-order valence-electron chi connectivity index (χ4n) is 3.92. The molecule has 1 amide bonds. The highest BCUT2D eigenvalue weighted by atomic mass is 19.3. The molecule has 1 aromatic rings. The molecule has 1 aliphatic heterocycles. The van der Waals surface area contributed by atoms with E-state index in [0.717, 1.165) is 31.2 Å². The van der Waals surface area contributed by atoms with Gasteiger partial charge >= 0.3 is 6.43 Å². The molecular weight excluding hydrogens is 260 g/mol. The Morgan fingerprint density at radius 3 is 2.40 bits per heavy atom. The number of hydrogen-bond acceptors (Lipinski definition) is 1. The van der Waals surface area contributed by atoms with Gasteiger partial charge in [0.2, 0.25) is 0 Å². The van der Waals surface area contributed by atoms with E-state index in [2.05, 4.69) is 0 Å². The average Bonchev–Trinajstić information content (AvgIpc) is 2.46. The van der Waals surface area contributed by atoms with Gasteiger partial charge in [-0.3, -0.25) is 4.79 Å². The van der Waals surface area contributed by atoms with E-state index in [1.807, 2.05) is 30.3 Å². The number of likely N-dealkylation sites (tertiary alicyclic amines) is 1. The molecule has 2 fully saturated rings. The highest BCUT2D eigenvalue weighted by molar-refractivity contribution is 5.81. The van der Waals surface area contributed by atoms with Crippen LogP contribution in [0.25, 0.3) is 0 Å². The van der Waals surface area contributed by atoms with Crippen LogP contribution >= 0.6 is 0 Å². The van der Waals surface area contributed by atoms with Crippen LogP contribution in [0.4, 0.5) is 8.78 Å². The first-order valence-corrected chi connectivity index (χ1v) is 7.28. The molecule has 1 atom stereocenters. The minimum absolute atomic E-state index is 0.0319. The lowest BCUT2D eigenvalue weighted by Crippen LogP contribution is -2.62. The van der Waals surface area contributed by atoms with Crippen molar-refractivity contribution in [1.82, 2.24) is 4.90 Å². The topological polar surface area (TPSA) is 20.3 Å².